The number of hydrogen-bond donors (Lipinski definition) is 2. The number of amides is 1. The van der Waals surface area contributed by atoms with Gasteiger partial charge in [-0.25, -0.2) is 5.43 Å². The Labute approximate surface area is 132 Å². The third-order valence-corrected chi connectivity index (χ3v) is 6.69. The lowest BCUT2D eigenvalue weighted by Crippen LogP contribution is -2.26. The quantitative estimate of drug-likeness (QED) is 0.672. The molecule has 1 aromatic carbocycles. The number of aromatic amines is 1. The maximum Gasteiger partial charge on any atom is 0.242 e. The van der Waals surface area contributed by atoms with E-state index in [4.69, 9.17) is 0 Å². The molecule has 21 heavy (non-hydrogen) atoms. The SMILES string of the molecule is CC1(CC(=O)N/N=C\c2c[nH]c3ccccc23)SCCS1. The highest BCUT2D eigenvalue weighted by Crippen LogP contribution is 2.45. The van der Waals surface area contributed by atoms with Crippen molar-refractivity contribution in [1.29, 1.82) is 0 Å². The van der Waals surface area contributed by atoms with Crippen LogP contribution < -0.4 is 5.43 Å². The maximum absolute atomic E-state index is 11.9. The van der Waals surface area contributed by atoms with E-state index in [1.807, 2.05) is 54.0 Å². The fourth-order valence-corrected chi connectivity index (χ4v) is 5.19. The number of hydrazone groups is 1. The molecule has 2 aromatic rings. The van der Waals surface area contributed by atoms with Gasteiger partial charge in [0.15, 0.2) is 0 Å². The minimum atomic E-state index is -0.0320. The fraction of sp³-hybridized carbons (Fsp3) is 0.333. The monoisotopic (exact) mass is 319 g/mol. The molecule has 0 spiro atoms. The summed E-state index contributed by atoms with van der Waals surface area (Å²) in [7, 11) is 0. The van der Waals surface area contributed by atoms with Gasteiger partial charge in [-0.05, 0) is 13.0 Å². The maximum atomic E-state index is 11.9. The van der Waals surface area contributed by atoms with Crippen molar-refractivity contribution < 1.29 is 4.79 Å². The van der Waals surface area contributed by atoms with Gasteiger partial charge in [0.2, 0.25) is 5.91 Å². The van der Waals surface area contributed by atoms with Gasteiger partial charge in [-0.15, -0.1) is 23.5 Å². The van der Waals surface area contributed by atoms with Gasteiger partial charge >= 0.3 is 0 Å². The number of para-hydroxylation sites is 1. The van der Waals surface area contributed by atoms with Crippen LogP contribution in [-0.2, 0) is 4.79 Å². The minimum absolute atomic E-state index is 0.000382. The van der Waals surface area contributed by atoms with E-state index < -0.39 is 0 Å². The van der Waals surface area contributed by atoms with Crippen LogP contribution in [0, 0.1) is 0 Å². The van der Waals surface area contributed by atoms with E-state index in [0.29, 0.717) is 6.42 Å². The van der Waals surface area contributed by atoms with Crippen LogP contribution in [0.5, 0.6) is 0 Å². The number of rotatable bonds is 4. The molecule has 2 heterocycles. The summed E-state index contributed by atoms with van der Waals surface area (Å²) in [6, 6.07) is 8.02. The summed E-state index contributed by atoms with van der Waals surface area (Å²) in [4.78, 5) is 15.1. The van der Waals surface area contributed by atoms with Gasteiger partial charge in [-0.1, -0.05) is 18.2 Å². The number of carbonyl (C=O) groups is 1. The van der Waals surface area contributed by atoms with Crippen molar-refractivity contribution >= 4 is 46.5 Å². The Morgan fingerprint density at radius 3 is 3.00 bits per heavy atom. The Kier molecular flexibility index (Phi) is 4.26. The summed E-state index contributed by atoms with van der Waals surface area (Å²) in [6.45, 7) is 2.12. The first-order valence-corrected chi connectivity index (χ1v) is 8.79. The predicted molar refractivity (Wildman–Crippen MR) is 92.0 cm³/mol. The normalized spacial score (nSPS) is 17.6. The molecule has 1 fully saturated rings. The summed E-state index contributed by atoms with van der Waals surface area (Å²) in [5.41, 5.74) is 4.67. The van der Waals surface area contributed by atoms with E-state index in [1.165, 1.54) is 0 Å². The zero-order valence-corrected chi connectivity index (χ0v) is 13.4. The second-order valence-electron chi connectivity index (χ2n) is 5.09. The van der Waals surface area contributed by atoms with Crippen LogP contribution in [0.4, 0.5) is 0 Å². The second kappa shape index (κ2) is 6.15. The van der Waals surface area contributed by atoms with E-state index in [-0.39, 0.29) is 9.99 Å². The molecule has 1 amide bonds. The van der Waals surface area contributed by atoms with Crippen molar-refractivity contribution in [2.75, 3.05) is 11.5 Å². The molecule has 0 aliphatic carbocycles. The summed E-state index contributed by atoms with van der Waals surface area (Å²) in [6.07, 6.45) is 4.08. The van der Waals surface area contributed by atoms with Crippen LogP contribution >= 0.6 is 23.5 Å². The van der Waals surface area contributed by atoms with Gasteiger partial charge in [0.05, 0.1) is 16.7 Å². The average molecular weight is 319 g/mol. The van der Waals surface area contributed by atoms with Crippen molar-refractivity contribution in [1.82, 2.24) is 10.4 Å². The first kappa shape index (κ1) is 14.5. The van der Waals surface area contributed by atoms with E-state index in [0.717, 1.165) is 28.0 Å². The molecule has 3 rings (SSSR count). The van der Waals surface area contributed by atoms with Crippen LogP contribution in [0.1, 0.15) is 18.9 Å². The number of nitrogens with zero attached hydrogens (tertiary/aromatic N) is 1. The molecule has 1 saturated heterocycles. The van der Waals surface area contributed by atoms with Crippen molar-refractivity contribution in [2.45, 2.75) is 17.4 Å². The second-order valence-corrected chi connectivity index (χ2v) is 8.54. The largest absolute Gasteiger partial charge is 0.361 e. The smallest absolute Gasteiger partial charge is 0.242 e. The predicted octanol–water partition coefficient (Wildman–Crippen LogP) is 3.20. The molecule has 0 saturated carbocycles. The molecular weight excluding hydrogens is 302 g/mol. The molecule has 0 radical (unpaired) electrons. The number of aromatic nitrogens is 1. The molecule has 0 unspecified atom stereocenters. The first-order chi connectivity index (χ1) is 10.2. The first-order valence-electron chi connectivity index (χ1n) is 6.82. The van der Waals surface area contributed by atoms with E-state index >= 15 is 0 Å². The van der Waals surface area contributed by atoms with Crippen LogP contribution in [0.25, 0.3) is 10.9 Å². The van der Waals surface area contributed by atoms with Crippen LogP contribution in [-0.4, -0.2) is 32.7 Å². The van der Waals surface area contributed by atoms with Crippen molar-refractivity contribution in [3.63, 3.8) is 0 Å². The number of benzene rings is 1. The third-order valence-electron chi connectivity index (χ3n) is 3.39. The van der Waals surface area contributed by atoms with Gasteiger partial charge in [0.25, 0.3) is 0 Å². The van der Waals surface area contributed by atoms with Crippen LogP contribution in [0.3, 0.4) is 0 Å². The lowest BCUT2D eigenvalue weighted by molar-refractivity contribution is -0.121. The van der Waals surface area contributed by atoms with Crippen molar-refractivity contribution in [3.8, 4) is 0 Å². The van der Waals surface area contributed by atoms with Crippen LogP contribution in [0.15, 0.2) is 35.6 Å². The van der Waals surface area contributed by atoms with E-state index in [1.54, 1.807) is 6.21 Å². The number of carbonyl (C=O) groups excluding carboxylic acids is 1. The molecule has 1 aliphatic rings. The van der Waals surface area contributed by atoms with Gasteiger partial charge in [0.1, 0.15) is 0 Å². The van der Waals surface area contributed by atoms with Gasteiger partial charge in [-0.3, -0.25) is 4.79 Å². The lowest BCUT2D eigenvalue weighted by atomic mass is 10.2. The molecule has 1 aromatic heterocycles. The Morgan fingerprint density at radius 2 is 2.19 bits per heavy atom. The summed E-state index contributed by atoms with van der Waals surface area (Å²) < 4.78 is 0.000382. The molecule has 4 nitrogen and oxygen atoms in total. The standard InChI is InChI=1S/C15H17N3OS2/c1-15(20-6-7-21-15)8-14(19)18-17-10-11-9-16-13-5-3-2-4-12(11)13/h2-5,9-10,16H,6-8H2,1H3,(H,18,19)/b17-10-. The molecule has 110 valence electrons. The number of H-pyrrole nitrogens is 1. The summed E-state index contributed by atoms with van der Waals surface area (Å²) in [5.74, 6) is 2.20. The minimum Gasteiger partial charge on any atom is -0.361 e. The van der Waals surface area contributed by atoms with E-state index in [9.17, 15) is 4.79 Å². The highest BCUT2D eigenvalue weighted by Gasteiger charge is 2.32. The number of hydrogen-bond acceptors (Lipinski definition) is 4. The number of fused-ring (bicyclic) bond motifs is 1. The molecule has 0 bridgehead atoms. The highest BCUT2D eigenvalue weighted by atomic mass is 32.2. The van der Waals surface area contributed by atoms with Gasteiger partial charge < -0.3 is 4.98 Å². The Morgan fingerprint density at radius 1 is 1.43 bits per heavy atom. The zero-order chi connectivity index (χ0) is 14.7. The average Bonchev–Trinajstić information content (AvgIpc) is 3.06. The fourth-order valence-electron chi connectivity index (χ4n) is 2.36. The van der Waals surface area contributed by atoms with Crippen LogP contribution in [0.2, 0.25) is 0 Å². The lowest BCUT2D eigenvalue weighted by Gasteiger charge is -2.19. The molecule has 2 N–H and O–H groups in total. The van der Waals surface area contributed by atoms with Crippen molar-refractivity contribution in [2.24, 2.45) is 5.10 Å². The third kappa shape index (κ3) is 3.44. The highest BCUT2D eigenvalue weighted by molar-refractivity contribution is 8.21. The summed E-state index contributed by atoms with van der Waals surface area (Å²) in [5, 5.41) is 5.18. The Balaban J connectivity index is 1.60. The molecule has 6 heteroatoms. The topological polar surface area (TPSA) is 57.2 Å². The summed E-state index contributed by atoms with van der Waals surface area (Å²) >= 11 is 3.70. The Hall–Kier alpha value is -1.40. The Bertz CT molecular complexity index is 674. The molecular formula is C15H17N3OS2. The number of nitrogens with one attached hydrogen (secondary N) is 2. The molecule has 0 atom stereocenters. The zero-order valence-electron chi connectivity index (χ0n) is 11.8. The molecule has 1 aliphatic heterocycles. The number of thioether (sulfide) groups is 2. The van der Waals surface area contributed by atoms with Gasteiger partial charge in [0, 0.05) is 34.2 Å². The van der Waals surface area contributed by atoms with Crippen molar-refractivity contribution in [3.05, 3.63) is 36.0 Å². The van der Waals surface area contributed by atoms with E-state index in [2.05, 4.69) is 22.4 Å². The van der Waals surface area contributed by atoms with Gasteiger partial charge in [-0.2, -0.15) is 5.10 Å².